The number of ether oxygens (including phenoxy) is 1. The molecule has 0 fully saturated rings. The summed E-state index contributed by atoms with van der Waals surface area (Å²) < 4.78 is 7.77. The van der Waals surface area contributed by atoms with Gasteiger partial charge in [0.25, 0.3) is 5.56 Å². The zero-order valence-corrected chi connectivity index (χ0v) is 12.9. The Bertz CT molecular complexity index is 800. The van der Waals surface area contributed by atoms with E-state index in [1.54, 1.807) is 21.0 Å². The van der Waals surface area contributed by atoms with Crippen LogP contribution in [0, 0.1) is 6.92 Å². The summed E-state index contributed by atoms with van der Waals surface area (Å²) in [6.45, 7) is 4.58. The van der Waals surface area contributed by atoms with E-state index in [0.717, 1.165) is 0 Å². The van der Waals surface area contributed by atoms with Gasteiger partial charge < -0.3 is 9.94 Å². The van der Waals surface area contributed by atoms with Crippen LogP contribution in [0.25, 0.3) is 10.2 Å². The van der Waals surface area contributed by atoms with Gasteiger partial charge >= 0.3 is 5.69 Å². The fraction of sp³-hybridized carbons (Fsp3) is 0.462. The molecule has 0 spiro atoms. The predicted octanol–water partition coefficient (Wildman–Crippen LogP) is 1.01. The average molecular weight is 311 g/mol. The standard InChI is InChI=1S/C13H17N3O4S/c1-4-15-11(17)10-8(2)9(7-14-19)21-12(10)16(13(15)18)5-6-20-3/h7,19H,4-6H2,1-3H3/b14-7-. The number of hydrogen-bond donors (Lipinski definition) is 1. The highest BCUT2D eigenvalue weighted by molar-refractivity contribution is 7.20. The summed E-state index contributed by atoms with van der Waals surface area (Å²) in [6.07, 6.45) is 1.28. The lowest BCUT2D eigenvalue weighted by atomic mass is 10.2. The van der Waals surface area contributed by atoms with E-state index >= 15 is 0 Å². The largest absolute Gasteiger partial charge is 0.411 e. The van der Waals surface area contributed by atoms with Gasteiger partial charge in [-0.25, -0.2) is 4.79 Å². The van der Waals surface area contributed by atoms with Crippen molar-refractivity contribution in [3.8, 4) is 0 Å². The smallest absolute Gasteiger partial charge is 0.332 e. The molecule has 0 amide bonds. The topological polar surface area (TPSA) is 85.8 Å². The van der Waals surface area contributed by atoms with Crippen LogP contribution in [-0.2, 0) is 17.8 Å². The first-order chi connectivity index (χ1) is 10.1. The Hall–Kier alpha value is -1.93. The van der Waals surface area contributed by atoms with Crippen molar-refractivity contribution < 1.29 is 9.94 Å². The summed E-state index contributed by atoms with van der Waals surface area (Å²) in [5.74, 6) is 0. The zero-order chi connectivity index (χ0) is 15.6. The lowest BCUT2D eigenvalue weighted by Gasteiger charge is -2.10. The third-order valence-corrected chi connectivity index (χ3v) is 4.59. The molecule has 0 saturated heterocycles. The van der Waals surface area contributed by atoms with Crippen LogP contribution in [0.1, 0.15) is 17.4 Å². The van der Waals surface area contributed by atoms with Crippen molar-refractivity contribution in [2.75, 3.05) is 13.7 Å². The highest BCUT2D eigenvalue weighted by atomic mass is 32.1. The molecule has 114 valence electrons. The van der Waals surface area contributed by atoms with Gasteiger partial charge in [0.2, 0.25) is 0 Å². The van der Waals surface area contributed by atoms with Crippen LogP contribution in [0.3, 0.4) is 0 Å². The maximum atomic E-state index is 12.5. The number of methoxy groups -OCH3 is 1. The van der Waals surface area contributed by atoms with Crippen LogP contribution in [0.4, 0.5) is 0 Å². The van der Waals surface area contributed by atoms with Gasteiger partial charge in [-0.05, 0) is 19.4 Å². The van der Waals surface area contributed by atoms with Crippen molar-refractivity contribution in [1.29, 1.82) is 0 Å². The van der Waals surface area contributed by atoms with Gasteiger partial charge in [0.05, 0.1) is 29.6 Å². The monoisotopic (exact) mass is 311 g/mol. The van der Waals surface area contributed by atoms with Gasteiger partial charge in [-0.2, -0.15) is 0 Å². The first kappa shape index (κ1) is 15.5. The lowest BCUT2D eigenvalue weighted by Crippen LogP contribution is -2.39. The number of fused-ring (bicyclic) bond motifs is 1. The predicted molar refractivity (Wildman–Crippen MR) is 82.0 cm³/mol. The van der Waals surface area contributed by atoms with Gasteiger partial charge in [0.15, 0.2) is 0 Å². The van der Waals surface area contributed by atoms with Crippen molar-refractivity contribution in [2.24, 2.45) is 5.16 Å². The molecule has 7 nitrogen and oxygen atoms in total. The zero-order valence-electron chi connectivity index (χ0n) is 12.1. The molecule has 2 heterocycles. The molecule has 0 unspecified atom stereocenters. The van der Waals surface area contributed by atoms with Crippen molar-refractivity contribution in [3.05, 3.63) is 31.3 Å². The number of aryl methyl sites for hydroxylation is 1. The van der Waals surface area contributed by atoms with Crippen molar-refractivity contribution in [2.45, 2.75) is 26.9 Å². The number of oxime groups is 1. The Kier molecular flexibility index (Phi) is 4.59. The molecule has 2 aromatic rings. The van der Waals surface area contributed by atoms with Crippen LogP contribution in [-0.4, -0.2) is 34.3 Å². The van der Waals surface area contributed by atoms with E-state index in [0.29, 0.717) is 40.4 Å². The molecule has 0 aliphatic rings. The molecule has 2 rings (SSSR count). The van der Waals surface area contributed by atoms with E-state index in [9.17, 15) is 9.59 Å². The number of nitrogens with zero attached hydrogens (tertiary/aromatic N) is 3. The Balaban J connectivity index is 2.90. The molecule has 0 saturated carbocycles. The second kappa shape index (κ2) is 6.23. The Morgan fingerprint density at radius 1 is 1.38 bits per heavy atom. The highest BCUT2D eigenvalue weighted by Gasteiger charge is 2.18. The van der Waals surface area contributed by atoms with Gasteiger partial charge in [-0.1, -0.05) is 5.16 Å². The fourth-order valence-corrected chi connectivity index (χ4v) is 3.43. The second-order valence-corrected chi connectivity index (χ2v) is 5.52. The molecule has 0 bridgehead atoms. The summed E-state index contributed by atoms with van der Waals surface area (Å²) in [6, 6.07) is 0. The molecule has 1 N–H and O–H groups in total. The molecular weight excluding hydrogens is 294 g/mol. The summed E-state index contributed by atoms with van der Waals surface area (Å²) in [4.78, 5) is 26.1. The number of hydrogen-bond acceptors (Lipinski definition) is 6. The molecule has 0 aliphatic carbocycles. The Labute approximate surface area is 124 Å². The first-order valence-corrected chi connectivity index (χ1v) is 7.31. The lowest BCUT2D eigenvalue weighted by molar-refractivity contribution is 0.186. The third kappa shape index (κ3) is 2.52. The van der Waals surface area contributed by atoms with Crippen LogP contribution in [0.2, 0.25) is 0 Å². The molecule has 0 atom stereocenters. The molecule has 8 heteroatoms. The fourth-order valence-electron chi connectivity index (χ4n) is 2.25. The van der Waals surface area contributed by atoms with Crippen molar-refractivity contribution in [3.63, 3.8) is 0 Å². The van der Waals surface area contributed by atoms with Crippen molar-refractivity contribution >= 4 is 27.8 Å². The molecule has 0 aliphatic heterocycles. The molecule has 0 aromatic carbocycles. The molecule has 2 aromatic heterocycles. The minimum absolute atomic E-state index is 0.305. The van der Waals surface area contributed by atoms with Crippen LogP contribution in [0.5, 0.6) is 0 Å². The summed E-state index contributed by atoms with van der Waals surface area (Å²) >= 11 is 1.26. The number of thiophene rings is 1. The van der Waals surface area contributed by atoms with Gasteiger partial charge in [-0.15, -0.1) is 11.3 Å². The van der Waals surface area contributed by atoms with Crippen LogP contribution in [0.15, 0.2) is 14.7 Å². The van der Waals surface area contributed by atoms with Gasteiger partial charge in [-0.3, -0.25) is 13.9 Å². The average Bonchev–Trinajstić information content (AvgIpc) is 2.77. The van der Waals surface area contributed by atoms with E-state index < -0.39 is 0 Å². The van der Waals surface area contributed by atoms with Crippen LogP contribution < -0.4 is 11.2 Å². The van der Waals surface area contributed by atoms with E-state index in [-0.39, 0.29) is 11.2 Å². The Morgan fingerprint density at radius 3 is 2.67 bits per heavy atom. The van der Waals surface area contributed by atoms with Crippen molar-refractivity contribution in [1.82, 2.24) is 9.13 Å². The molecule has 21 heavy (non-hydrogen) atoms. The highest BCUT2D eigenvalue weighted by Crippen LogP contribution is 2.26. The summed E-state index contributed by atoms with van der Waals surface area (Å²) in [5.41, 5.74) is 0.0597. The molecular formula is C13H17N3O4S. The summed E-state index contributed by atoms with van der Waals surface area (Å²) in [5, 5.41) is 12.2. The SMILES string of the molecule is CCn1c(=O)c2c(C)c(/C=N\O)sc2n(CCOC)c1=O. The maximum absolute atomic E-state index is 12.5. The summed E-state index contributed by atoms with van der Waals surface area (Å²) in [7, 11) is 1.56. The van der Waals surface area contributed by atoms with Gasteiger partial charge in [0, 0.05) is 13.7 Å². The normalized spacial score (nSPS) is 11.8. The van der Waals surface area contributed by atoms with Gasteiger partial charge in [0.1, 0.15) is 4.83 Å². The maximum Gasteiger partial charge on any atom is 0.332 e. The van der Waals surface area contributed by atoms with Crippen LogP contribution >= 0.6 is 11.3 Å². The quantitative estimate of drug-likeness (QED) is 0.507. The van der Waals surface area contributed by atoms with E-state index in [1.165, 1.54) is 26.7 Å². The third-order valence-electron chi connectivity index (χ3n) is 3.34. The minimum atomic E-state index is -0.346. The Morgan fingerprint density at radius 2 is 2.10 bits per heavy atom. The molecule has 0 radical (unpaired) electrons. The number of aromatic nitrogens is 2. The second-order valence-electron chi connectivity index (χ2n) is 4.49. The van der Waals surface area contributed by atoms with E-state index in [1.807, 2.05) is 0 Å². The minimum Gasteiger partial charge on any atom is -0.411 e. The van der Waals surface area contributed by atoms with E-state index in [4.69, 9.17) is 9.94 Å². The number of rotatable bonds is 5. The first-order valence-electron chi connectivity index (χ1n) is 6.49. The van der Waals surface area contributed by atoms with E-state index in [2.05, 4.69) is 5.16 Å².